The SMILES string of the molecule is O=C(CN1CCN(Cc2cc(=O)n3ccsc3n2)CC1)Nc1cccc2c1N=S=N2. The summed E-state index contributed by atoms with van der Waals surface area (Å²) >= 11 is 2.60. The zero-order chi connectivity index (χ0) is 20.5. The topological polar surface area (TPSA) is 94.7 Å². The van der Waals surface area contributed by atoms with E-state index < -0.39 is 0 Å². The molecule has 9 nitrogen and oxygen atoms in total. The largest absolute Gasteiger partial charge is 0.323 e. The van der Waals surface area contributed by atoms with E-state index in [4.69, 9.17) is 0 Å². The number of hydrogen-bond donors (Lipinski definition) is 1. The summed E-state index contributed by atoms with van der Waals surface area (Å²) in [6, 6.07) is 7.20. The average Bonchev–Trinajstić information content (AvgIpc) is 3.39. The predicted octanol–water partition coefficient (Wildman–Crippen LogP) is 2.24. The molecule has 4 heterocycles. The highest BCUT2D eigenvalue weighted by Gasteiger charge is 2.21. The molecule has 0 radical (unpaired) electrons. The Morgan fingerprint density at radius 3 is 2.83 bits per heavy atom. The van der Waals surface area contributed by atoms with Crippen LogP contribution in [0, 0.1) is 0 Å². The van der Waals surface area contributed by atoms with Crippen LogP contribution in [0.15, 0.2) is 49.4 Å². The van der Waals surface area contributed by atoms with Gasteiger partial charge in [-0.25, -0.2) is 4.98 Å². The molecule has 0 spiro atoms. The van der Waals surface area contributed by atoms with E-state index >= 15 is 0 Å². The van der Waals surface area contributed by atoms with Crippen LogP contribution < -0.4 is 10.9 Å². The number of aromatic nitrogens is 2. The van der Waals surface area contributed by atoms with Gasteiger partial charge in [0.15, 0.2) is 4.96 Å². The molecule has 2 aliphatic heterocycles. The quantitative estimate of drug-likeness (QED) is 0.513. The molecule has 1 aromatic carbocycles. The first kappa shape index (κ1) is 19.2. The van der Waals surface area contributed by atoms with E-state index in [1.54, 1.807) is 16.7 Å². The van der Waals surface area contributed by atoms with Crippen molar-refractivity contribution in [3.63, 3.8) is 0 Å². The Hall–Kier alpha value is -2.73. The number of nitrogens with zero attached hydrogens (tertiary/aromatic N) is 6. The first-order valence-corrected chi connectivity index (χ1v) is 11.2. The van der Waals surface area contributed by atoms with E-state index in [1.165, 1.54) is 11.3 Å². The van der Waals surface area contributed by atoms with E-state index in [2.05, 4.69) is 28.8 Å². The van der Waals surface area contributed by atoms with E-state index in [-0.39, 0.29) is 11.5 Å². The number of hydrogen-bond acceptors (Lipinski definition) is 8. The second-order valence-corrected chi connectivity index (χ2v) is 8.58. The number of nitrogens with one attached hydrogen (secondary N) is 1. The van der Waals surface area contributed by atoms with Crippen molar-refractivity contribution in [1.82, 2.24) is 19.2 Å². The Labute approximate surface area is 179 Å². The molecule has 0 saturated carbocycles. The van der Waals surface area contributed by atoms with Gasteiger partial charge in [-0.3, -0.25) is 23.8 Å². The predicted molar refractivity (Wildman–Crippen MR) is 118 cm³/mol. The van der Waals surface area contributed by atoms with Crippen molar-refractivity contribution in [1.29, 1.82) is 0 Å². The lowest BCUT2D eigenvalue weighted by atomic mass is 10.2. The van der Waals surface area contributed by atoms with Gasteiger partial charge < -0.3 is 5.32 Å². The highest BCUT2D eigenvalue weighted by atomic mass is 32.1. The van der Waals surface area contributed by atoms with E-state index in [0.29, 0.717) is 18.8 Å². The third-order valence-electron chi connectivity index (χ3n) is 5.13. The van der Waals surface area contributed by atoms with Crippen molar-refractivity contribution in [3.05, 3.63) is 51.9 Å². The Bertz CT molecular complexity index is 1240. The van der Waals surface area contributed by atoms with Crippen LogP contribution in [0.5, 0.6) is 0 Å². The molecule has 1 N–H and O–H groups in total. The van der Waals surface area contributed by atoms with E-state index in [1.807, 2.05) is 23.6 Å². The minimum Gasteiger partial charge on any atom is -0.323 e. The second-order valence-electron chi connectivity index (χ2n) is 7.18. The lowest BCUT2D eigenvalue weighted by Crippen LogP contribution is -2.48. The van der Waals surface area contributed by atoms with Crippen LogP contribution in [0.1, 0.15) is 5.69 Å². The molecule has 1 saturated heterocycles. The number of rotatable bonds is 5. The Balaban J connectivity index is 1.14. The van der Waals surface area contributed by atoms with Crippen LogP contribution >= 0.6 is 11.3 Å². The minimum absolute atomic E-state index is 0.0445. The molecule has 0 bridgehead atoms. The van der Waals surface area contributed by atoms with Crippen LogP contribution in [0.3, 0.4) is 0 Å². The maximum atomic E-state index is 12.5. The van der Waals surface area contributed by atoms with Crippen LogP contribution in [-0.2, 0) is 22.7 Å². The number of fused-ring (bicyclic) bond motifs is 2. The number of benzene rings is 1. The molecule has 11 heteroatoms. The molecule has 2 aliphatic rings. The van der Waals surface area contributed by atoms with Gasteiger partial charge in [0.1, 0.15) is 11.4 Å². The van der Waals surface area contributed by atoms with Crippen molar-refractivity contribution in [3.8, 4) is 0 Å². The normalized spacial score (nSPS) is 16.5. The Kier molecular flexibility index (Phi) is 5.25. The number of thiazole rings is 1. The van der Waals surface area contributed by atoms with Crippen molar-refractivity contribution < 1.29 is 4.79 Å². The zero-order valence-electron chi connectivity index (χ0n) is 16.0. The zero-order valence-corrected chi connectivity index (χ0v) is 17.7. The van der Waals surface area contributed by atoms with Crippen molar-refractivity contribution in [2.24, 2.45) is 8.73 Å². The van der Waals surface area contributed by atoms with Gasteiger partial charge in [-0.15, -0.1) is 11.3 Å². The van der Waals surface area contributed by atoms with Gasteiger partial charge in [0.05, 0.1) is 29.3 Å². The summed E-state index contributed by atoms with van der Waals surface area (Å²) < 4.78 is 10.0. The fraction of sp³-hybridized carbons (Fsp3) is 0.316. The van der Waals surface area contributed by atoms with Gasteiger partial charge in [0.2, 0.25) is 5.91 Å². The Morgan fingerprint density at radius 2 is 1.97 bits per heavy atom. The Morgan fingerprint density at radius 1 is 1.13 bits per heavy atom. The smallest absolute Gasteiger partial charge is 0.258 e. The summed E-state index contributed by atoms with van der Waals surface area (Å²) in [5.74, 6) is -0.0539. The third kappa shape index (κ3) is 3.97. The molecule has 0 atom stereocenters. The molecular weight excluding hydrogens is 422 g/mol. The van der Waals surface area contributed by atoms with Crippen LogP contribution in [-0.4, -0.2) is 57.8 Å². The summed E-state index contributed by atoms with van der Waals surface area (Å²) in [5.41, 5.74) is 2.97. The number of anilines is 1. The summed E-state index contributed by atoms with van der Waals surface area (Å²) in [4.78, 5) is 34.3. The molecule has 1 amide bonds. The summed E-state index contributed by atoms with van der Waals surface area (Å²) in [6.45, 7) is 4.20. The van der Waals surface area contributed by atoms with Gasteiger partial charge in [-0.1, -0.05) is 6.07 Å². The van der Waals surface area contributed by atoms with Crippen LogP contribution in [0.25, 0.3) is 4.96 Å². The molecule has 1 fully saturated rings. The van der Waals surface area contributed by atoms with Gasteiger partial charge in [-0.2, -0.15) is 8.73 Å². The summed E-state index contributed by atoms with van der Waals surface area (Å²) in [7, 11) is 0. The molecule has 0 aliphatic carbocycles. The van der Waals surface area contributed by atoms with E-state index in [0.717, 1.165) is 59.6 Å². The molecule has 5 rings (SSSR count). The minimum atomic E-state index is -0.0539. The molecule has 30 heavy (non-hydrogen) atoms. The molecular formula is C19H19N7O2S2. The maximum Gasteiger partial charge on any atom is 0.258 e. The van der Waals surface area contributed by atoms with Gasteiger partial charge >= 0.3 is 0 Å². The standard InChI is InChI=1S/C19H19N7O2S2/c27-16(21-14-2-1-3-15-18(14)23-30-22-15)12-25-6-4-24(5-7-25)11-13-10-17(28)26-8-9-29-19(26)20-13/h1-3,8-10H,4-7,11-12H2,(H,21,27). The lowest BCUT2D eigenvalue weighted by Gasteiger charge is -2.34. The maximum absolute atomic E-state index is 12.5. The summed E-state index contributed by atoms with van der Waals surface area (Å²) in [6.07, 6.45) is 1.74. The third-order valence-corrected chi connectivity index (χ3v) is 6.43. The first-order chi connectivity index (χ1) is 14.7. The van der Waals surface area contributed by atoms with Crippen molar-refractivity contribution in [2.75, 3.05) is 38.0 Å². The fourth-order valence-electron chi connectivity index (χ4n) is 3.60. The van der Waals surface area contributed by atoms with Gasteiger partial charge in [-0.05, 0) is 12.1 Å². The van der Waals surface area contributed by atoms with Gasteiger partial charge in [0, 0.05) is 50.4 Å². The fourth-order valence-corrected chi connectivity index (χ4v) is 4.89. The lowest BCUT2D eigenvalue weighted by molar-refractivity contribution is -0.117. The van der Waals surface area contributed by atoms with Gasteiger partial charge in [0.25, 0.3) is 5.56 Å². The van der Waals surface area contributed by atoms with E-state index in [9.17, 15) is 9.59 Å². The van der Waals surface area contributed by atoms with Crippen molar-refractivity contribution >= 4 is 50.6 Å². The number of carbonyl (C=O) groups excluding carboxylic acids is 1. The first-order valence-electron chi connectivity index (χ1n) is 9.57. The van der Waals surface area contributed by atoms with Crippen LogP contribution in [0.4, 0.5) is 17.1 Å². The average molecular weight is 442 g/mol. The van der Waals surface area contributed by atoms with Crippen molar-refractivity contribution in [2.45, 2.75) is 6.54 Å². The molecule has 154 valence electrons. The second kappa shape index (κ2) is 8.19. The molecule has 2 aromatic heterocycles. The highest BCUT2D eigenvalue weighted by molar-refractivity contribution is 7.58. The highest BCUT2D eigenvalue weighted by Crippen LogP contribution is 2.38. The molecule has 0 unspecified atom stereocenters. The monoisotopic (exact) mass is 441 g/mol. The molecule has 3 aromatic rings. The summed E-state index contributed by atoms with van der Waals surface area (Å²) in [5, 5.41) is 4.82. The number of amides is 1. The van der Waals surface area contributed by atoms with Crippen LogP contribution in [0.2, 0.25) is 0 Å². The number of carbonyl (C=O) groups is 1. The number of piperazine rings is 1.